The fraction of sp³-hybridized carbons (Fsp3) is 0.133. The molecule has 1 heterocycles. The third kappa shape index (κ3) is 1.64. The van der Waals surface area contributed by atoms with E-state index >= 15 is 0 Å². The predicted molar refractivity (Wildman–Crippen MR) is 72.1 cm³/mol. The minimum absolute atomic E-state index is 0.315. The lowest BCUT2D eigenvalue weighted by atomic mass is 10.1. The number of aromatic nitrogens is 1. The van der Waals surface area contributed by atoms with Crippen LogP contribution in [0.15, 0.2) is 36.4 Å². The summed E-state index contributed by atoms with van der Waals surface area (Å²) in [6.45, 7) is 2.19. The third-order valence-electron chi connectivity index (χ3n) is 3.01. The van der Waals surface area contributed by atoms with Crippen LogP contribution < -0.4 is 5.35 Å². The van der Waals surface area contributed by atoms with Gasteiger partial charge in [-0.05, 0) is 18.4 Å². The Morgan fingerprint density at radius 3 is 2.83 bits per heavy atom. The molecule has 18 heavy (non-hydrogen) atoms. The van der Waals surface area contributed by atoms with Crippen LogP contribution in [-0.2, 0) is 9.53 Å². The summed E-state index contributed by atoms with van der Waals surface area (Å²) in [6.07, 6.45) is 1.51. The van der Waals surface area contributed by atoms with Gasteiger partial charge in [-0.2, -0.15) is 0 Å². The highest BCUT2D eigenvalue weighted by Gasteiger charge is 2.06. The summed E-state index contributed by atoms with van der Waals surface area (Å²) < 4.78 is 4.94. The molecule has 0 bridgehead atoms. The number of esters is 1. The van der Waals surface area contributed by atoms with Crippen LogP contribution in [0.2, 0.25) is 0 Å². The van der Waals surface area contributed by atoms with E-state index in [4.69, 9.17) is 4.74 Å². The van der Waals surface area contributed by atoms with Crippen LogP contribution in [0.5, 0.6) is 0 Å². The monoisotopic (exact) mass is 239 g/mol. The molecule has 2 aromatic carbocycles. The van der Waals surface area contributed by atoms with Gasteiger partial charge in [-0.3, -0.25) is 0 Å². The van der Waals surface area contributed by atoms with Crippen LogP contribution in [-0.4, -0.2) is 17.6 Å². The number of carbonyl (C=O) groups excluding carboxylic acids is 1. The maximum Gasteiger partial charge on any atom is 0.332 e. The molecule has 3 rings (SSSR count). The number of carbonyl (C=O) groups is 1. The minimum Gasteiger partial charge on any atom is -0.463 e. The normalized spacial score (nSPS) is 12.4. The molecule has 0 fully saturated rings. The van der Waals surface area contributed by atoms with Crippen molar-refractivity contribution in [2.75, 3.05) is 6.61 Å². The van der Waals surface area contributed by atoms with Gasteiger partial charge in [0.25, 0.3) is 0 Å². The quantitative estimate of drug-likeness (QED) is 0.698. The first-order valence-electron chi connectivity index (χ1n) is 5.97. The van der Waals surface area contributed by atoms with E-state index in [0.29, 0.717) is 6.61 Å². The lowest BCUT2D eigenvalue weighted by Crippen LogP contribution is -2.09. The number of hydrogen-bond acceptors (Lipinski definition) is 2. The summed E-state index contributed by atoms with van der Waals surface area (Å²) in [6, 6.07) is 12.2. The predicted octanol–water partition coefficient (Wildman–Crippen LogP) is 2.38. The molecule has 0 aliphatic carbocycles. The topological polar surface area (TPSA) is 42.1 Å². The second-order valence-corrected chi connectivity index (χ2v) is 4.14. The Kier molecular flexibility index (Phi) is 2.52. The van der Waals surface area contributed by atoms with Gasteiger partial charge in [0.2, 0.25) is 0 Å². The van der Waals surface area contributed by atoms with E-state index in [1.807, 2.05) is 24.3 Å². The maximum absolute atomic E-state index is 11.5. The second-order valence-electron chi connectivity index (χ2n) is 4.14. The van der Waals surface area contributed by atoms with Crippen LogP contribution in [0.3, 0.4) is 0 Å². The molecule has 3 aromatic rings. The van der Waals surface area contributed by atoms with Gasteiger partial charge in [-0.15, -0.1) is 0 Å². The lowest BCUT2D eigenvalue weighted by Gasteiger charge is -1.96. The van der Waals surface area contributed by atoms with Crippen LogP contribution >= 0.6 is 0 Å². The maximum atomic E-state index is 11.5. The van der Waals surface area contributed by atoms with Crippen molar-refractivity contribution in [1.29, 1.82) is 0 Å². The molecular weight excluding hydrogens is 226 g/mol. The average Bonchev–Trinajstić information content (AvgIpc) is 2.71. The van der Waals surface area contributed by atoms with Gasteiger partial charge >= 0.3 is 5.97 Å². The molecule has 0 saturated heterocycles. The molecule has 0 aliphatic rings. The van der Waals surface area contributed by atoms with Crippen molar-refractivity contribution in [2.45, 2.75) is 6.92 Å². The SMILES string of the molecule is CCOC(=O)/C=c1/[nH]c2cccc3cccc1c32. The fourth-order valence-electron chi connectivity index (χ4n) is 2.30. The van der Waals surface area contributed by atoms with Crippen molar-refractivity contribution >= 4 is 33.7 Å². The van der Waals surface area contributed by atoms with Crippen molar-refractivity contribution in [1.82, 2.24) is 4.98 Å². The number of hydrogen-bond donors (Lipinski definition) is 1. The van der Waals surface area contributed by atoms with Crippen molar-refractivity contribution in [3.05, 3.63) is 41.7 Å². The van der Waals surface area contributed by atoms with E-state index in [1.165, 1.54) is 11.5 Å². The van der Waals surface area contributed by atoms with E-state index in [0.717, 1.165) is 21.6 Å². The molecule has 0 unspecified atom stereocenters. The summed E-state index contributed by atoms with van der Waals surface area (Å²) in [4.78, 5) is 14.8. The van der Waals surface area contributed by atoms with Gasteiger partial charge in [0.15, 0.2) is 0 Å². The Hall–Kier alpha value is -2.29. The van der Waals surface area contributed by atoms with E-state index in [-0.39, 0.29) is 5.97 Å². The van der Waals surface area contributed by atoms with E-state index in [1.54, 1.807) is 6.92 Å². The zero-order valence-electron chi connectivity index (χ0n) is 10.1. The van der Waals surface area contributed by atoms with Gasteiger partial charge in [-0.1, -0.05) is 30.3 Å². The summed E-state index contributed by atoms with van der Waals surface area (Å²) >= 11 is 0. The molecule has 0 radical (unpaired) electrons. The first-order chi connectivity index (χ1) is 8.79. The Balaban J connectivity index is 2.31. The van der Waals surface area contributed by atoms with Crippen molar-refractivity contribution in [3.8, 4) is 0 Å². The molecule has 3 nitrogen and oxygen atoms in total. The van der Waals surface area contributed by atoms with Crippen LogP contribution in [0.1, 0.15) is 6.92 Å². The lowest BCUT2D eigenvalue weighted by molar-refractivity contribution is -0.135. The molecule has 0 amide bonds. The Morgan fingerprint density at radius 1 is 1.28 bits per heavy atom. The van der Waals surface area contributed by atoms with Crippen LogP contribution in [0.4, 0.5) is 0 Å². The van der Waals surface area contributed by atoms with E-state index < -0.39 is 0 Å². The molecule has 3 heteroatoms. The zero-order chi connectivity index (χ0) is 12.5. The molecule has 90 valence electrons. The van der Waals surface area contributed by atoms with Crippen LogP contribution in [0.25, 0.3) is 27.8 Å². The average molecular weight is 239 g/mol. The van der Waals surface area contributed by atoms with E-state index in [9.17, 15) is 4.79 Å². The highest BCUT2D eigenvalue weighted by Crippen LogP contribution is 2.23. The van der Waals surface area contributed by atoms with Gasteiger partial charge in [0, 0.05) is 22.4 Å². The zero-order valence-corrected chi connectivity index (χ0v) is 10.1. The summed E-state index contributed by atoms with van der Waals surface area (Å²) in [5, 5.41) is 4.19. The number of benzene rings is 2. The molecular formula is C15H13NO2. The number of nitrogens with one attached hydrogen (secondary N) is 1. The third-order valence-corrected chi connectivity index (χ3v) is 3.01. The Labute approximate surface area is 104 Å². The first-order valence-corrected chi connectivity index (χ1v) is 5.97. The number of ether oxygens (including phenoxy) is 1. The van der Waals surface area contributed by atoms with Gasteiger partial charge in [0.1, 0.15) is 0 Å². The number of H-pyrrole nitrogens is 1. The molecule has 0 atom stereocenters. The summed E-state index contributed by atoms with van der Waals surface area (Å²) in [7, 11) is 0. The Bertz CT molecular complexity index is 765. The summed E-state index contributed by atoms with van der Waals surface area (Å²) in [5.41, 5.74) is 1.04. The van der Waals surface area contributed by atoms with E-state index in [2.05, 4.69) is 17.1 Å². The molecule has 0 aliphatic heterocycles. The van der Waals surface area contributed by atoms with Crippen molar-refractivity contribution in [3.63, 3.8) is 0 Å². The highest BCUT2D eigenvalue weighted by molar-refractivity contribution is 6.11. The molecule has 0 spiro atoms. The number of rotatable bonds is 2. The van der Waals surface area contributed by atoms with Crippen LogP contribution in [0, 0.1) is 0 Å². The largest absolute Gasteiger partial charge is 0.463 e. The van der Waals surface area contributed by atoms with Gasteiger partial charge in [-0.25, -0.2) is 4.79 Å². The standard InChI is InChI=1S/C15H13NO2/c1-2-18-14(17)9-13-11-7-3-5-10-6-4-8-12(16-13)15(10)11/h3-9,16H,2H2,1H3/b13-9+. The summed E-state index contributed by atoms with van der Waals surface area (Å²) in [5.74, 6) is -0.315. The van der Waals surface area contributed by atoms with Gasteiger partial charge < -0.3 is 9.72 Å². The Morgan fingerprint density at radius 2 is 2.06 bits per heavy atom. The fourth-order valence-corrected chi connectivity index (χ4v) is 2.30. The molecule has 1 aromatic heterocycles. The second kappa shape index (κ2) is 4.18. The first kappa shape index (κ1) is 10.8. The van der Waals surface area contributed by atoms with Crippen molar-refractivity contribution in [2.24, 2.45) is 0 Å². The van der Waals surface area contributed by atoms with Crippen molar-refractivity contribution < 1.29 is 9.53 Å². The molecule has 1 N–H and O–H groups in total. The molecule has 0 saturated carbocycles. The van der Waals surface area contributed by atoms with Gasteiger partial charge in [0.05, 0.1) is 12.0 Å². The minimum atomic E-state index is -0.315. The smallest absolute Gasteiger partial charge is 0.332 e. The number of aromatic amines is 1. The highest BCUT2D eigenvalue weighted by atomic mass is 16.5.